The quantitative estimate of drug-likeness (QED) is 0.633. The van der Waals surface area contributed by atoms with Crippen LogP contribution in [0.15, 0.2) is 18.2 Å². The minimum atomic E-state index is -0.809. The molecule has 5 heterocycles. The first-order valence-electron chi connectivity index (χ1n) is 12.5. The van der Waals surface area contributed by atoms with Gasteiger partial charge >= 0.3 is 0 Å². The average molecular weight is 472 g/mol. The number of benzene rings is 1. The number of hydrogen-bond acceptors (Lipinski definition) is 7. The van der Waals surface area contributed by atoms with E-state index >= 15 is 0 Å². The highest BCUT2D eigenvalue weighted by Crippen LogP contribution is 2.60. The van der Waals surface area contributed by atoms with E-state index in [2.05, 4.69) is 29.1 Å². The van der Waals surface area contributed by atoms with Crippen molar-refractivity contribution in [3.63, 3.8) is 0 Å². The second kappa shape index (κ2) is 7.91. The number of carbonyl (C=O) groups excluding carboxylic acids is 1. The molecule has 1 aromatic carbocycles. The molecule has 2 N–H and O–H groups in total. The van der Waals surface area contributed by atoms with E-state index in [1.165, 1.54) is 0 Å². The van der Waals surface area contributed by atoms with Gasteiger partial charge in [0.05, 0.1) is 11.0 Å². The van der Waals surface area contributed by atoms with Crippen LogP contribution in [-0.2, 0) is 24.0 Å². The molecule has 1 amide bonds. The van der Waals surface area contributed by atoms with Crippen LogP contribution in [0.25, 0.3) is 11.0 Å². The van der Waals surface area contributed by atoms with E-state index in [1.54, 1.807) is 6.92 Å². The smallest absolute Gasteiger partial charge is 0.226 e. The molecule has 0 radical (unpaired) electrons. The molecular weight excluding hydrogens is 438 g/mol. The van der Waals surface area contributed by atoms with Crippen LogP contribution in [0.2, 0.25) is 0 Å². The Hall–Kier alpha value is -2.20. The van der Waals surface area contributed by atoms with Gasteiger partial charge in [-0.15, -0.1) is 0 Å². The zero-order valence-corrected chi connectivity index (χ0v) is 20.1. The highest BCUT2D eigenvalue weighted by Gasteiger charge is 2.69. The Bertz CT molecular complexity index is 1110. The summed E-state index contributed by atoms with van der Waals surface area (Å²) < 4.78 is 19.3. The first-order chi connectivity index (χ1) is 16.3. The number of H-pyrrole nitrogens is 1. The lowest BCUT2D eigenvalue weighted by molar-refractivity contribution is -0.575. The largest absolute Gasteiger partial charge is 0.464 e. The summed E-state index contributed by atoms with van der Waals surface area (Å²) in [6.07, 6.45) is 3.31. The summed E-state index contributed by atoms with van der Waals surface area (Å²) in [6.45, 7) is 8.20. The molecule has 4 saturated heterocycles. The highest BCUT2D eigenvalue weighted by molar-refractivity contribution is 5.91. The summed E-state index contributed by atoms with van der Waals surface area (Å²) in [5.41, 5.74) is 0.930. The van der Waals surface area contributed by atoms with E-state index in [0.29, 0.717) is 30.0 Å². The van der Waals surface area contributed by atoms with Gasteiger partial charge in [-0.2, -0.15) is 0 Å². The van der Waals surface area contributed by atoms with E-state index < -0.39 is 24.0 Å². The van der Waals surface area contributed by atoms with Gasteiger partial charge in [-0.1, -0.05) is 20.8 Å². The number of hydrogen-bond donors (Lipinski definition) is 2. The minimum Gasteiger partial charge on any atom is -0.464 e. The van der Waals surface area contributed by atoms with Gasteiger partial charge in [0.1, 0.15) is 5.75 Å². The number of ether oxygens (including phenoxy) is 3. The molecule has 7 rings (SSSR count). The van der Waals surface area contributed by atoms with Gasteiger partial charge in [-0.25, -0.2) is 14.8 Å². The third kappa shape index (κ3) is 3.36. The van der Waals surface area contributed by atoms with Gasteiger partial charge in [-0.3, -0.25) is 10.1 Å². The maximum atomic E-state index is 11.7. The van der Waals surface area contributed by atoms with Gasteiger partial charge in [0, 0.05) is 30.7 Å². The van der Waals surface area contributed by atoms with E-state index in [4.69, 9.17) is 24.0 Å². The number of imidazole rings is 1. The fourth-order valence-corrected chi connectivity index (χ4v) is 6.48. The summed E-state index contributed by atoms with van der Waals surface area (Å²) in [6, 6.07) is 5.64. The van der Waals surface area contributed by atoms with Gasteiger partial charge in [0.2, 0.25) is 23.9 Å². The van der Waals surface area contributed by atoms with Crippen molar-refractivity contribution >= 4 is 22.9 Å². The molecule has 1 aromatic heterocycles. The van der Waals surface area contributed by atoms with Gasteiger partial charge < -0.3 is 19.2 Å². The van der Waals surface area contributed by atoms with Crippen molar-refractivity contribution in [2.75, 3.05) is 5.32 Å². The summed E-state index contributed by atoms with van der Waals surface area (Å²) in [5, 5.41) is 2.76. The number of nitrogens with one attached hydrogen (secondary N) is 2. The number of aromatic amines is 1. The zero-order valence-electron chi connectivity index (χ0n) is 20.1. The van der Waals surface area contributed by atoms with Crippen LogP contribution in [0.1, 0.15) is 59.8 Å². The Labute approximate surface area is 198 Å². The summed E-state index contributed by atoms with van der Waals surface area (Å²) in [5.74, 6) is 1.32. The molecule has 9 nitrogen and oxygen atoms in total. The molecule has 1 spiro atoms. The molecule has 8 atom stereocenters. The minimum absolute atomic E-state index is 0.0813. The highest BCUT2D eigenvalue weighted by atomic mass is 17.3. The van der Waals surface area contributed by atoms with Crippen LogP contribution < -0.4 is 10.1 Å². The Morgan fingerprint density at radius 3 is 2.91 bits per heavy atom. The third-order valence-electron chi connectivity index (χ3n) is 8.38. The second-order valence-corrected chi connectivity index (χ2v) is 10.6. The Kier molecular flexibility index (Phi) is 5.18. The fraction of sp³-hybridized carbons (Fsp3) is 0.680. The molecular formula is C25H33N3O6. The second-order valence-electron chi connectivity index (χ2n) is 10.6. The van der Waals surface area contributed by atoms with Crippen LogP contribution in [-0.4, -0.2) is 39.8 Å². The van der Waals surface area contributed by atoms with Crippen LogP contribution in [0, 0.1) is 23.7 Å². The van der Waals surface area contributed by atoms with Crippen molar-refractivity contribution in [3.05, 3.63) is 18.2 Å². The van der Waals surface area contributed by atoms with Gasteiger partial charge in [-0.05, 0) is 50.2 Å². The molecule has 34 heavy (non-hydrogen) atoms. The summed E-state index contributed by atoms with van der Waals surface area (Å²) >= 11 is 0. The molecule has 9 heteroatoms. The molecule has 1 saturated carbocycles. The number of rotatable bonds is 4. The van der Waals surface area contributed by atoms with Crippen molar-refractivity contribution in [2.24, 2.45) is 23.7 Å². The molecule has 2 bridgehead atoms. The van der Waals surface area contributed by atoms with Crippen molar-refractivity contribution in [2.45, 2.75) is 83.8 Å². The van der Waals surface area contributed by atoms with E-state index in [1.807, 2.05) is 25.1 Å². The Balaban J connectivity index is 1.27. The van der Waals surface area contributed by atoms with Crippen molar-refractivity contribution in [1.82, 2.24) is 9.97 Å². The van der Waals surface area contributed by atoms with Crippen molar-refractivity contribution in [3.8, 4) is 5.75 Å². The predicted octanol–water partition coefficient (Wildman–Crippen LogP) is 4.50. The number of carbonyl (C=O) groups is 1. The summed E-state index contributed by atoms with van der Waals surface area (Å²) in [4.78, 5) is 31.4. The summed E-state index contributed by atoms with van der Waals surface area (Å²) in [7, 11) is 0. The van der Waals surface area contributed by atoms with E-state index in [0.717, 1.165) is 36.7 Å². The molecule has 4 aliphatic heterocycles. The topological polar surface area (TPSA) is 104 Å². The number of aromatic nitrogens is 2. The van der Waals surface area contributed by atoms with Crippen LogP contribution >= 0.6 is 0 Å². The standard InChI is InChI=1S/C25H33N3O6/c1-5-20(29)28-23-26-18-9-7-15(12-19(18)27-23)30-21-14(3)17-8-6-13(2)16-10-11-24(4)32-22(31-21)25(16,17)34-33-24/h7,9,12-14,16-17,21-22H,5-6,8,10-11H2,1-4H3,(H2,26,27,28,29)/t13-,14-,16+,17?,21?,22-,24+,25-/m1/s1. The Morgan fingerprint density at radius 1 is 1.24 bits per heavy atom. The third-order valence-corrected chi connectivity index (χ3v) is 8.38. The normalized spacial score (nSPS) is 41.1. The van der Waals surface area contributed by atoms with Crippen LogP contribution in [0.3, 0.4) is 0 Å². The average Bonchev–Trinajstić information content (AvgIpc) is 3.07. The van der Waals surface area contributed by atoms with Crippen LogP contribution in [0.4, 0.5) is 5.95 Å². The lowest BCUT2D eigenvalue weighted by Crippen LogP contribution is -2.70. The van der Waals surface area contributed by atoms with Crippen LogP contribution in [0.5, 0.6) is 5.75 Å². The fourth-order valence-electron chi connectivity index (χ4n) is 6.48. The number of nitrogens with zero attached hydrogens (tertiary/aromatic N) is 1. The number of amides is 1. The van der Waals surface area contributed by atoms with Crippen molar-refractivity contribution < 1.29 is 28.8 Å². The lowest BCUT2D eigenvalue weighted by atomic mass is 9.58. The molecule has 1 aliphatic carbocycles. The molecule has 5 fully saturated rings. The molecule has 184 valence electrons. The first-order valence-corrected chi connectivity index (χ1v) is 12.5. The monoisotopic (exact) mass is 471 g/mol. The predicted molar refractivity (Wildman–Crippen MR) is 122 cm³/mol. The SMILES string of the molecule is CCC(=O)Nc1nc2ccc(OC3O[C@@H]4O[C@]5(C)CC[C@H]6[C@H](C)CCC([C@H]3C)[C@@]46OO5)cc2[nH]1. The molecule has 5 aliphatic rings. The maximum absolute atomic E-state index is 11.7. The lowest BCUT2D eigenvalue weighted by Gasteiger charge is -2.60. The molecule has 2 unspecified atom stereocenters. The van der Waals surface area contributed by atoms with E-state index in [9.17, 15) is 4.79 Å². The van der Waals surface area contributed by atoms with Crippen molar-refractivity contribution in [1.29, 1.82) is 0 Å². The van der Waals surface area contributed by atoms with Gasteiger partial charge in [0.25, 0.3) is 0 Å². The maximum Gasteiger partial charge on any atom is 0.226 e. The molecule has 2 aromatic rings. The van der Waals surface area contributed by atoms with E-state index in [-0.39, 0.29) is 17.7 Å². The number of fused-ring (bicyclic) bond motifs is 3. The first kappa shape index (κ1) is 22.3. The Morgan fingerprint density at radius 2 is 2.09 bits per heavy atom. The number of anilines is 1. The zero-order chi connectivity index (χ0) is 23.7. The van der Waals surface area contributed by atoms with Gasteiger partial charge in [0.15, 0.2) is 11.9 Å².